The van der Waals surface area contributed by atoms with E-state index in [1.54, 1.807) is 19.2 Å². The molecule has 24 heavy (non-hydrogen) atoms. The molecule has 0 aliphatic carbocycles. The molecule has 2 heterocycles. The largest absolute Gasteiger partial charge is 0.497 e. The van der Waals surface area contributed by atoms with Gasteiger partial charge >= 0.3 is 0 Å². The molecule has 0 saturated carbocycles. The number of carbonyl (C=O) groups excluding carboxylic acids is 2. The Morgan fingerprint density at radius 1 is 1.38 bits per heavy atom. The summed E-state index contributed by atoms with van der Waals surface area (Å²) in [5, 5.41) is 7.31. The van der Waals surface area contributed by atoms with Gasteiger partial charge in [-0.15, -0.1) is 11.3 Å². The zero-order valence-corrected chi connectivity index (χ0v) is 14.0. The molecule has 1 aliphatic heterocycles. The van der Waals surface area contributed by atoms with Gasteiger partial charge in [0.2, 0.25) is 5.91 Å². The Morgan fingerprint density at radius 3 is 3.00 bits per heavy atom. The first-order valence-electron chi connectivity index (χ1n) is 7.56. The lowest BCUT2D eigenvalue weighted by atomic mass is 10.0. The molecule has 1 atom stereocenters. The molecule has 2 aromatic rings. The van der Waals surface area contributed by atoms with Gasteiger partial charge in [-0.3, -0.25) is 9.59 Å². The molecule has 0 spiro atoms. The average molecular weight is 346 g/mol. The van der Waals surface area contributed by atoms with Crippen molar-refractivity contribution in [1.29, 1.82) is 0 Å². The van der Waals surface area contributed by atoms with Crippen LogP contribution in [0.2, 0.25) is 0 Å². The first-order chi connectivity index (χ1) is 11.7. The van der Waals surface area contributed by atoms with Crippen molar-refractivity contribution in [2.45, 2.75) is 12.5 Å². The van der Waals surface area contributed by atoms with E-state index in [0.29, 0.717) is 17.9 Å². The second-order valence-electron chi connectivity index (χ2n) is 5.41. The van der Waals surface area contributed by atoms with Crippen LogP contribution in [-0.2, 0) is 11.2 Å². The van der Waals surface area contributed by atoms with Gasteiger partial charge in [-0.25, -0.2) is 0 Å². The second-order valence-corrected chi connectivity index (χ2v) is 6.36. The summed E-state index contributed by atoms with van der Waals surface area (Å²) >= 11 is 1.34. The highest BCUT2D eigenvalue weighted by atomic mass is 32.1. The zero-order valence-electron chi connectivity index (χ0n) is 13.2. The Bertz CT molecular complexity index is 730. The van der Waals surface area contributed by atoms with E-state index < -0.39 is 0 Å². The lowest BCUT2D eigenvalue weighted by Crippen LogP contribution is -2.46. The molecule has 2 N–H and O–H groups in total. The third-order valence-corrected chi connectivity index (χ3v) is 4.57. The van der Waals surface area contributed by atoms with Gasteiger partial charge in [0, 0.05) is 6.07 Å². The minimum Gasteiger partial charge on any atom is -0.497 e. The fourth-order valence-corrected chi connectivity index (χ4v) is 3.15. The quantitative estimate of drug-likeness (QED) is 0.862. The zero-order chi connectivity index (χ0) is 16.9. The molecule has 7 heteroatoms. The summed E-state index contributed by atoms with van der Waals surface area (Å²) in [5.41, 5.74) is 1.02. The van der Waals surface area contributed by atoms with Crippen LogP contribution < -0.4 is 20.1 Å². The van der Waals surface area contributed by atoms with Crippen LogP contribution in [0.15, 0.2) is 35.7 Å². The smallest absolute Gasteiger partial charge is 0.261 e. The number of hydrogen-bond acceptors (Lipinski definition) is 5. The van der Waals surface area contributed by atoms with E-state index in [-0.39, 0.29) is 24.4 Å². The number of nitrogens with one attached hydrogen (secondary N) is 2. The first kappa shape index (κ1) is 16.3. The molecular formula is C17H18N2O4S. The van der Waals surface area contributed by atoms with E-state index in [1.807, 2.05) is 23.6 Å². The van der Waals surface area contributed by atoms with Crippen molar-refractivity contribution in [2.24, 2.45) is 0 Å². The van der Waals surface area contributed by atoms with E-state index in [1.165, 1.54) is 11.3 Å². The Morgan fingerprint density at radius 2 is 2.25 bits per heavy atom. The van der Waals surface area contributed by atoms with Gasteiger partial charge in [0.05, 0.1) is 24.6 Å². The van der Waals surface area contributed by atoms with Crippen molar-refractivity contribution in [3.63, 3.8) is 0 Å². The van der Waals surface area contributed by atoms with E-state index in [2.05, 4.69) is 10.6 Å². The summed E-state index contributed by atoms with van der Waals surface area (Å²) in [6.45, 7) is 0.341. The van der Waals surface area contributed by atoms with Crippen molar-refractivity contribution in [3.05, 3.63) is 46.2 Å². The molecule has 2 amide bonds. The second kappa shape index (κ2) is 7.35. The Hall–Kier alpha value is -2.54. The summed E-state index contributed by atoms with van der Waals surface area (Å²) in [6, 6.07) is 9.05. The van der Waals surface area contributed by atoms with Crippen LogP contribution in [0.3, 0.4) is 0 Å². The summed E-state index contributed by atoms with van der Waals surface area (Å²) in [5.74, 6) is 1.06. The van der Waals surface area contributed by atoms with Crippen LogP contribution in [0.1, 0.15) is 15.2 Å². The number of carbonyl (C=O) groups is 2. The van der Waals surface area contributed by atoms with Crippen molar-refractivity contribution in [1.82, 2.24) is 10.6 Å². The third kappa shape index (κ3) is 3.86. The predicted molar refractivity (Wildman–Crippen MR) is 90.8 cm³/mol. The summed E-state index contributed by atoms with van der Waals surface area (Å²) < 4.78 is 10.9. The number of benzene rings is 1. The standard InChI is InChI=1S/C17H18N2O4S/c1-22-13-5-4-11-7-12(10-23-14(11)8-13)19-16(20)9-18-17(21)15-3-2-6-24-15/h2-6,8,12H,7,9-10H2,1H3,(H,18,21)(H,19,20). The van der Waals surface area contributed by atoms with Crippen LogP contribution in [0, 0.1) is 0 Å². The van der Waals surface area contributed by atoms with Gasteiger partial charge in [-0.2, -0.15) is 0 Å². The number of amides is 2. The highest BCUT2D eigenvalue weighted by molar-refractivity contribution is 7.12. The van der Waals surface area contributed by atoms with Gasteiger partial charge in [-0.1, -0.05) is 12.1 Å². The Balaban J connectivity index is 1.49. The van der Waals surface area contributed by atoms with Crippen molar-refractivity contribution < 1.29 is 19.1 Å². The lowest BCUT2D eigenvalue weighted by molar-refractivity contribution is -0.121. The Labute approximate surface area is 143 Å². The maximum Gasteiger partial charge on any atom is 0.261 e. The van der Waals surface area contributed by atoms with Crippen LogP contribution in [0.4, 0.5) is 0 Å². The minimum atomic E-state index is -0.238. The van der Waals surface area contributed by atoms with Gasteiger partial charge in [0.25, 0.3) is 5.91 Å². The molecular weight excluding hydrogens is 328 g/mol. The van der Waals surface area contributed by atoms with Crippen molar-refractivity contribution >= 4 is 23.2 Å². The normalized spacial score (nSPS) is 15.8. The third-order valence-electron chi connectivity index (χ3n) is 3.70. The molecule has 3 rings (SSSR count). The molecule has 1 aromatic carbocycles. The molecule has 0 bridgehead atoms. The highest BCUT2D eigenvalue weighted by Gasteiger charge is 2.22. The minimum absolute atomic E-state index is 0.0529. The van der Waals surface area contributed by atoms with Crippen LogP contribution in [0.25, 0.3) is 0 Å². The maximum absolute atomic E-state index is 12.0. The van der Waals surface area contributed by atoms with E-state index >= 15 is 0 Å². The van der Waals surface area contributed by atoms with E-state index in [4.69, 9.17) is 9.47 Å². The van der Waals surface area contributed by atoms with E-state index in [9.17, 15) is 9.59 Å². The average Bonchev–Trinajstić information content (AvgIpc) is 3.14. The first-order valence-corrected chi connectivity index (χ1v) is 8.44. The highest BCUT2D eigenvalue weighted by Crippen LogP contribution is 2.28. The fourth-order valence-electron chi connectivity index (χ4n) is 2.51. The van der Waals surface area contributed by atoms with Crippen molar-refractivity contribution in [3.8, 4) is 11.5 Å². The molecule has 1 unspecified atom stereocenters. The topological polar surface area (TPSA) is 76.7 Å². The Kier molecular flexibility index (Phi) is 5.00. The number of fused-ring (bicyclic) bond motifs is 1. The lowest BCUT2D eigenvalue weighted by Gasteiger charge is -2.26. The van der Waals surface area contributed by atoms with Gasteiger partial charge in [0.15, 0.2) is 0 Å². The fraction of sp³-hybridized carbons (Fsp3) is 0.294. The van der Waals surface area contributed by atoms with Crippen LogP contribution >= 0.6 is 11.3 Å². The van der Waals surface area contributed by atoms with E-state index in [0.717, 1.165) is 17.1 Å². The summed E-state index contributed by atoms with van der Waals surface area (Å²) in [4.78, 5) is 24.4. The number of rotatable bonds is 5. The van der Waals surface area contributed by atoms with Crippen LogP contribution in [0.5, 0.6) is 11.5 Å². The molecule has 0 radical (unpaired) electrons. The predicted octanol–water partition coefficient (Wildman–Crippen LogP) is 1.61. The molecule has 6 nitrogen and oxygen atoms in total. The van der Waals surface area contributed by atoms with Crippen molar-refractivity contribution in [2.75, 3.05) is 20.3 Å². The number of thiophene rings is 1. The summed E-state index contributed by atoms with van der Waals surface area (Å²) in [7, 11) is 1.61. The number of hydrogen-bond donors (Lipinski definition) is 2. The van der Waals surface area contributed by atoms with Gasteiger partial charge in [0.1, 0.15) is 18.1 Å². The monoisotopic (exact) mass is 346 g/mol. The summed E-state index contributed by atoms with van der Waals surface area (Å²) in [6.07, 6.45) is 0.684. The van der Waals surface area contributed by atoms with Gasteiger partial charge in [-0.05, 0) is 29.5 Å². The van der Waals surface area contributed by atoms with Gasteiger partial charge < -0.3 is 20.1 Å². The SMILES string of the molecule is COc1ccc2c(c1)OCC(NC(=O)CNC(=O)c1cccs1)C2. The number of ether oxygens (including phenoxy) is 2. The molecule has 0 saturated heterocycles. The maximum atomic E-state index is 12.0. The number of methoxy groups -OCH3 is 1. The van der Waals surface area contributed by atoms with Crippen LogP contribution in [-0.4, -0.2) is 38.1 Å². The molecule has 1 aliphatic rings. The molecule has 1 aromatic heterocycles. The molecule has 126 valence electrons. The molecule has 0 fully saturated rings.